The Kier molecular flexibility index (Phi) is 5.12. The van der Waals surface area contributed by atoms with E-state index in [-0.39, 0.29) is 12.1 Å². The zero-order valence-corrected chi connectivity index (χ0v) is 17.0. The lowest BCUT2D eigenvalue weighted by molar-refractivity contribution is -0.143. The molecule has 0 N–H and O–H groups in total. The van der Waals surface area contributed by atoms with Gasteiger partial charge in [-0.1, -0.05) is 49.6 Å². The first kappa shape index (κ1) is 19.1. The smallest absolute Gasteiger partial charge is 0.306 e. The number of allylic oxidation sites excluding steroid dienone is 1. The molecule has 0 amide bonds. The lowest BCUT2D eigenvalue weighted by atomic mass is 9.60. The van der Waals surface area contributed by atoms with Gasteiger partial charge in [-0.25, -0.2) is 0 Å². The van der Waals surface area contributed by atoms with Gasteiger partial charge in [-0.05, 0) is 48.8 Å². The maximum absolute atomic E-state index is 12.0. The molecule has 152 valence electrons. The fourth-order valence-corrected chi connectivity index (χ4v) is 5.88. The molecule has 1 aromatic heterocycles. The molecule has 5 atom stereocenters. The molecule has 1 saturated heterocycles. The highest BCUT2D eigenvalue weighted by Crippen LogP contribution is 2.51. The number of hydrogen-bond acceptors (Lipinski definition) is 4. The van der Waals surface area contributed by atoms with Gasteiger partial charge in [-0.15, -0.1) is 0 Å². The predicted octanol–water partition coefficient (Wildman–Crippen LogP) is 5.39. The molecule has 30 heavy (non-hydrogen) atoms. The van der Waals surface area contributed by atoms with Crippen molar-refractivity contribution in [3.05, 3.63) is 59.9 Å². The minimum atomic E-state index is -0.0271. The second-order valence-electron chi connectivity index (χ2n) is 8.91. The number of hydrogen-bond donors (Lipinski definition) is 0. The van der Waals surface area contributed by atoms with Gasteiger partial charge >= 0.3 is 5.97 Å². The first-order valence-corrected chi connectivity index (χ1v) is 11.1. The second kappa shape index (κ2) is 8.07. The third kappa shape index (κ3) is 3.54. The van der Waals surface area contributed by atoms with E-state index in [1.165, 1.54) is 25.7 Å². The normalized spacial score (nSPS) is 30.4. The molecule has 0 bridgehead atoms. The molecule has 2 aliphatic carbocycles. The summed E-state index contributed by atoms with van der Waals surface area (Å²) in [6, 6.07) is 13.9. The third-order valence-electron chi connectivity index (χ3n) is 7.29. The molecule has 0 spiro atoms. The van der Waals surface area contributed by atoms with E-state index >= 15 is 0 Å². The highest BCUT2D eigenvalue weighted by atomic mass is 16.5. The number of nitrogens with zero attached hydrogens (tertiary/aromatic N) is 2. The number of ether oxygens (including phenoxy) is 1. The molecule has 3 aliphatic rings. The van der Waals surface area contributed by atoms with Crippen LogP contribution in [0.3, 0.4) is 0 Å². The number of pyridine rings is 1. The van der Waals surface area contributed by atoms with Crippen molar-refractivity contribution in [1.82, 2.24) is 4.98 Å². The maximum Gasteiger partial charge on any atom is 0.306 e. The molecule has 0 radical (unpaired) electrons. The Hall–Kier alpha value is -2.93. The van der Waals surface area contributed by atoms with E-state index in [2.05, 4.69) is 23.2 Å². The van der Waals surface area contributed by atoms with E-state index < -0.39 is 0 Å². The SMILES string of the molecule is N#Cc1ccccc1-c1ccc(/C=C/[C@H]2[C@@H]3CCCC[C@H]3C[C@@H]3OC(=O)C[C@H]23)nc1. The van der Waals surface area contributed by atoms with Crippen molar-refractivity contribution >= 4 is 12.0 Å². The largest absolute Gasteiger partial charge is 0.462 e. The summed E-state index contributed by atoms with van der Waals surface area (Å²) >= 11 is 0. The van der Waals surface area contributed by atoms with Gasteiger partial charge in [0.15, 0.2) is 0 Å². The molecule has 1 aliphatic heterocycles. The number of carbonyl (C=O) groups is 1. The van der Waals surface area contributed by atoms with Crippen molar-refractivity contribution in [2.75, 3.05) is 0 Å². The van der Waals surface area contributed by atoms with Crippen LogP contribution in [0.2, 0.25) is 0 Å². The van der Waals surface area contributed by atoms with Crippen LogP contribution in [0.5, 0.6) is 0 Å². The topological polar surface area (TPSA) is 63.0 Å². The molecule has 2 saturated carbocycles. The maximum atomic E-state index is 12.0. The lowest BCUT2D eigenvalue weighted by Crippen LogP contribution is -2.41. The first-order valence-electron chi connectivity index (χ1n) is 11.1. The molecular weight excluding hydrogens is 372 g/mol. The van der Waals surface area contributed by atoms with Crippen LogP contribution in [0.1, 0.15) is 49.8 Å². The van der Waals surface area contributed by atoms with Crippen molar-refractivity contribution in [1.29, 1.82) is 5.26 Å². The van der Waals surface area contributed by atoms with E-state index in [9.17, 15) is 10.1 Å². The fourth-order valence-electron chi connectivity index (χ4n) is 5.88. The van der Waals surface area contributed by atoms with Gasteiger partial charge in [0.05, 0.1) is 23.7 Å². The van der Waals surface area contributed by atoms with Crippen LogP contribution < -0.4 is 0 Å². The fraction of sp³-hybridized carbons (Fsp3) is 0.423. The van der Waals surface area contributed by atoms with E-state index in [1.807, 2.05) is 42.6 Å². The molecule has 0 unspecified atom stereocenters. The first-order chi connectivity index (χ1) is 14.7. The zero-order chi connectivity index (χ0) is 20.5. The number of carbonyl (C=O) groups excluding carboxylic acids is 1. The Labute approximate surface area is 177 Å². The Morgan fingerprint density at radius 3 is 2.80 bits per heavy atom. The summed E-state index contributed by atoms with van der Waals surface area (Å²) in [5.74, 6) is 2.02. The summed E-state index contributed by atoms with van der Waals surface area (Å²) in [6.45, 7) is 0. The minimum absolute atomic E-state index is 0.0271. The standard InChI is InChI=1S/C26H26N2O2/c27-15-18-6-2-3-7-21(18)19-9-10-20(28-16-19)11-12-23-22-8-4-1-5-17(22)13-25-24(23)14-26(29)30-25/h2-3,6-7,9-12,16-17,22-25H,1,4-5,8,13-14H2/b12-11+/t17-,22+,23-,24+,25-/m0/s1. The van der Waals surface area contributed by atoms with E-state index in [1.54, 1.807) is 0 Å². The summed E-state index contributed by atoms with van der Waals surface area (Å²) in [5, 5.41) is 9.34. The monoisotopic (exact) mass is 398 g/mol. The van der Waals surface area contributed by atoms with Crippen LogP contribution in [-0.2, 0) is 9.53 Å². The van der Waals surface area contributed by atoms with Gasteiger partial charge in [-0.2, -0.15) is 5.26 Å². The number of benzene rings is 1. The van der Waals surface area contributed by atoms with Crippen molar-refractivity contribution in [3.8, 4) is 17.2 Å². The third-order valence-corrected chi connectivity index (χ3v) is 7.29. The second-order valence-corrected chi connectivity index (χ2v) is 8.91. The van der Waals surface area contributed by atoms with Gasteiger partial charge in [0.2, 0.25) is 0 Å². The van der Waals surface area contributed by atoms with Crippen LogP contribution >= 0.6 is 0 Å². The van der Waals surface area contributed by atoms with Crippen LogP contribution in [0.15, 0.2) is 48.7 Å². The quantitative estimate of drug-likeness (QED) is 0.650. The summed E-state index contributed by atoms with van der Waals surface area (Å²) in [5.41, 5.74) is 3.42. The van der Waals surface area contributed by atoms with E-state index in [0.717, 1.165) is 23.2 Å². The molecule has 5 rings (SSSR count). The Morgan fingerprint density at radius 1 is 1.10 bits per heavy atom. The Morgan fingerprint density at radius 2 is 1.97 bits per heavy atom. The zero-order valence-electron chi connectivity index (χ0n) is 17.0. The number of nitriles is 1. The summed E-state index contributed by atoms with van der Waals surface area (Å²) in [4.78, 5) is 16.6. The lowest BCUT2D eigenvalue weighted by Gasteiger charge is -2.45. The van der Waals surface area contributed by atoms with Gasteiger partial charge in [0, 0.05) is 23.2 Å². The van der Waals surface area contributed by atoms with Gasteiger partial charge in [0.1, 0.15) is 6.10 Å². The Balaban J connectivity index is 1.38. The van der Waals surface area contributed by atoms with E-state index in [4.69, 9.17) is 4.74 Å². The van der Waals surface area contributed by atoms with Gasteiger partial charge in [-0.3, -0.25) is 9.78 Å². The highest BCUT2D eigenvalue weighted by molar-refractivity contribution is 5.72. The minimum Gasteiger partial charge on any atom is -0.462 e. The molecule has 2 aromatic rings. The number of aromatic nitrogens is 1. The summed E-state index contributed by atoms with van der Waals surface area (Å²) in [6.07, 6.45) is 13.1. The van der Waals surface area contributed by atoms with Crippen LogP contribution in [0.4, 0.5) is 0 Å². The van der Waals surface area contributed by atoms with Gasteiger partial charge in [0.25, 0.3) is 0 Å². The van der Waals surface area contributed by atoms with Crippen molar-refractivity contribution < 1.29 is 9.53 Å². The number of fused-ring (bicyclic) bond motifs is 2. The molecular formula is C26H26N2O2. The molecule has 4 heteroatoms. The average Bonchev–Trinajstić information content (AvgIpc) is 3.16. The number of esters is 1. The molecule has 3 fully saturated rings. The average molecular weight is 399 g/mol. The van der Waals surface area contributed by atoms with E-state index in [0.29, 0.717) is 35.7 Å². The van der Waals surface area contributed by atoms with Crippen molar-refractivity contribution in [2.24, 2.45) is 23.7 Å². The van der Waals surface area contributed by atoms with Gasteiger partial charge < -0.3 is 4.74 Å². The molecule has 4 nitrogen and oxygen atoms in total. The summed E-state index contributed by atoms with van der Waals surface area (Å²) in [7, 11) is 0. The highest BCUT2D eigenvalue weighted by Gasteiger charge is 2.49. The van der Waals surface area contributed by atoms with Crippen LogP contribution in [-0.4, -0.2) is 17.1 Å². The molecule has 2 heterocycles. The van der Waals surface area contributed by atoms with Crippen LogP contribution in [0.25, 0.3) is 17.2 Å². The predicted molar refractivity (Wildman–Crippen MR) is 115 cm³/mol. The Bertz CT molecular complexity index is 1000. The van der Waals surface area contributed by atoms with Crippen molar-refractivity contribution in [2.45, 2.75) is 44.6 Å². The van der Waals surface area contributed by atoms with Crippen molar-refractivity contribution in [3.63, 3.8) is 0 Å². The number of rotatable bonds is 3. The summed E-state index contributed by atoms with van der Waals surface area (Å²) < 4.78 is 5.67. The molecule has 1 aromatic carbocycles. The van der Waals surface area contributed by atoms with Crippen LogP contribution in [0, 0.1) is 35.0 Å².